The van der Waals surface area contributed by atoms with Crippen molar-refractivity contribution in [3.63, 3.8) is 0 Å². The van der Waals surface area contributed by atoms with E-state index in [0.717, 1.165) is 19.4 Å². The molecule has 3 atom stereocenters. The molecule has 2 aromatic rings. The molecule has 1 heterocycles. The van der Waals surface area contributed by atoms with Gasteiger partial charge < -0.3 is 10.6 Å². The molecule has 0 bridgehead atoms. The van der Waals surface area contributed by atoms with E-state index in [1.165, 1.54) is 17.5 Å². The fourth-order valence-electron chi connectivity index (χ4n) is 3.54. The van der Waals surface area contributed by atoms with Gasteiger partial charge in [0.05, 0.1) is 12.6 Å². The number of aryl methyl sites for hydroxylation is 1. The van der Waals surface area contributed by atoms with Crippen LogP contribution in [-0.2, 0) is 11.2 Å². The number of hydrogen-bond acceptors (Lipinski definition) is 3. The molecule has 0 spiro atoms. The zero-order valence-corrected chi connectivity index (χ0v) is 15.1. The predicted molar refractivity (Wildman–Crippen MR) is 99.5 cm³/mol. The van der Waals surface area contributed by atoms with E-state index in [1.54, 1.807) is 6.20 Å². The van der Waals surface area contributed by atoms with Crippen LogP contribution in [0.4, 0.5) is 0 Å². The molecule has 134 valence electrons. The predicted octanol–water partition coefficient (Wildman–Crippen LogP) is 2.66. The third-order valence-electron chi connectivity index (χ3n) is 5.29. The number of nitrogens with one attached hydrogen (secondary N) is 2. The molecule has 0 aliphatic heterocycles. The number of carbonyl (C=O) groups is 1. The highest BCUT2D eigenvalue weighted by molar-refractivity contribution is 5.78. The Hall–Kier alpha value is -2.14. The number of amides is 1. The molecule has 25 heavy (non-hydrogen) atoms. The molecule has 1 amide bonds. The Morgan fingerprint density at radius 3 is 2.96 bits per heavy atom. The van der Waals surface area contributed by atoms with Gasteiger partial charge in [-0.25, -0.2) is 0 Å². The molecule has 0 fully saturated rings. The van der Waals surface area contributed by atoms with Gasteiger partial charge in [0, 0.05) is 30.9 Å². The van der Waals surface area contributed by atoms with Crippen molar-refractivity contribution in [1.82, 2.24) is 20.4 Å². The fourth-order valence-corrected chi connectivity index (χ4v) is 3.54. The first-order valence-corrected chi connectivity index (χ1v) is 9.22. The molecule has 1 aliphatic carbocycles. The minimum Gasteiger partial charge on any atom is -0.354 e. The minimum absolute atomic E-state index is 0.0579. The van der Waals surface area contributed by atoms with Gasteiger partial charge in [-0.05, 0) is 50.3 Å². The smallest absolute Gasteiger partial charge is 0.233 e. The molecule has 2 N–H and O–H groups in total. The zero-order valence-electron chi connectivity index (χ0n) is 15.1. The van der Waals surface area contributed by atoms with Crippen LogP contribution in [0.1, 0.15) is 49.8 Å². The molecule has 3 rings (SSSR count). The fraction of sp³-hybridized carbons (Fsp3) is 0.500. The van der Waals surface area contributed by atoms with Gasteiger partial charge in [0.15, 0.2) is 0 Å². The molecule has 5 nitrogen and oxygen atoms in total. The van der Waals surface area contributed by atoms with Crippen molar-refractivity contribution in [2.75, 3.05) is 13.1 Å². The summed E-state index contributed by atoms with van der Waals surface area (Å²) in [6.45, 7) is 5.24. The monoisotopic (exact) mass is 340 g/mol. The zero-order chi connectivity index (χ0) is 17.6. The first kappa shape index (κ1) is 17.7. The van der Waals surface area contributed by atoms with Gasteiger partial charge in [-0.2, -0.15) is 5.10 Å². The molecule has 5 heteroatoms. The van der Waals surface area contributed by atoms with E-state index in [-0.39, 0.29) is 18.0 Å². The van der Waals surface area contributed by atoms with Crippen LogP contribution in [0.2, 0.25) is 0 Å². The number of fused-ring (bicyclic) bond motifs is 1. The van der Waals surface area contributed by atoms with Gasteiger partial charge in [-0.3, -0.25) is 9.48 Å². The third-order valence-corrected chi connectivity index (χ3v) is 5.29. The maximum absolute atomic E-state index is 12.2. The first-order valence-electron chi connectivity index (χ1n) is 9.22. The maximum atomic E-state index is 12.2. The van der Waals surface area contributed by atoms with E-state index in [4.69, 9.17) is 0 Å². The Labute approximate surface area is 149 Å². The highest BCUT2D eigenvalue weighted by Gasteiger charge is 2.20. The quantitative estimate of drug-likeness (QED) is 0.815. The Morgan fingerprint density at radius 2 is 2.16 bits per heavy atom. The number of benzene rings is 1. The molecule has 1 aromatic heterocycles. The van der Waals surface area contributed by atoms with E-state index >= 15 is 0 Å². The number of aromatic nitrogens is 2. The topological polar surface area (TPSA) is 59.0 Å². The Balaban J connectivity index is 1.44. The van der Waals surface area contributed by atoms with Crippen LogP contribution in [0.15, 0.2) is 42.7 Å². The third kappa shape index (κ3) is 4.48. The van der Waals surface area contributed by atoms with Crippen molar-refractivity contribution in [3.05, 3.63) is 53.9 Å². The molecular weight excluding hydrogens is 312 g/mol. The normalized spacial score (nSPS) is 19.0. The van der Waals surface area contributed by atoms with Gasteiger partial charge in [0.1, 0.15) is 0 Å². The standard InChI is InChI=1S/C20H28N4O/c1-15(16(2)24-12-6-11-23-24)21-14-20(25)22-13-18-9-5-8-17-7-3-4-10-19(17)18/h3-4,6-7,10-12,15-16,18,21H,5,8-9,13-14H2,1-2H3,(H,22,25). The molecule has 0 saturated heterocycles. The lowest BCUT2D eigenvalue weighted by molar-refractivity contribution is -0.120. The summed E-state index contributed by atoms with van der Waals surface area (Å²) < 4.78 is 1.91. The van der Waals surface area contributed by atoms with Gasteiger partial charge in [0.25, 0.3) is 0 Å². The highest BCUT2D eigenvalue weighted by Crippen LogP contribution is 2.30. The molecule has 0 saturated carbocycles. The summed E-state index contributed by atoms with van der Waals surface area (Å²) in [5.74, 6) is 0.497. The number of nitrogens with zero attached hydrogens (tertiary/aromatic N) is 2. The van der Waals surface area contributed by atoms with E-state index in [0.29, 0.717) is 12.5 Å². The lowest BCUT2D eigenvalue weighted by Crippen LogP contribution is -2.42. The summed E-state index contributed by atoms with van der Waals surface area (Å²) in [6, 6.07) is 10.9. The van der Waals surface area contributed by atoms with Crippen LogP contribution < -0.4 is 10.6 Å². The summed E-state index contributed by atoms with van der Waals surface area (Å²) in [4.78, 5) is 12.2. The summed E-state index contributed by atoms with van der Waals surface area (Å²) in [5.41, 5.74) is 2.84. The van der Waals surface area contributed by atoms with Crippen molar-refractivity contribution in [2.24, 2.45) is 0 Å². The molecule has 3 unspecified atom stereocenters. The van der Waals surface area contributed by atoms with Crippen LogP contribution >= 0.6 is 0 Å². The van der Waals surface area contributed by atoms with Crippen LogP contribution in [0.25, 0.3) is 0 Å². The largest absolute Gasteiger partial charge is 0.354 e. The van der Waals surface area contributed by atoms with Gasteiger partial charge in [0.2, 0.25) is 5.91 Å². The first-order chi connectivity index (χ1) is 12.1. The van der Waals surface area contributed by atoms with Crippen LogP contribution in [0.5, 0.6) is 0 Å². The second-order valence-electron chi connectivity index (χ2n) is 6.99. The maximum Gasteiger partial charge on any atom is 0.233 e. The van der Waals surface area contributed by atoms with Gasteiger partial charge in [-0.1, -0.05) is 24.3 Å². The second kappa shape index (κ2) is 8.30. The Morgan fingerprint density at radius 1 is 1.32 bits per heavy atom. The van der Waals surface area contributed by atoms with Crippen LogP contribution in [0, 0.1) is 0 Å². The summed E-state index contributed by atoms with van der Waals surface area (Å²) in [6.07, 6.45) is 7.23. The molecule has 1 aromatic carbocycles. The molecule has 1 aliphatic rings. The van der Waals surface area contributed by atoms with Crippen molar-refractivity contribution >= 4 is 5.91 Å². The van der Waals surface area contributed by atoms with Crippen molar-refractivity contribution in [2.45, 2.75) is 51.1 Å². The number of rotatable bonds is 7. The number of hydrogen-bond donors (Lipinski definition) is 2. The van der Waals surface area contributed by atoms with Crippen molar-refractivity contribution < 1.29 is 4.79 Å². The average molecular weight is 340 g/mol. The van der Waals surface area contributed by atoms with Gasteiger partial charge >= 0.3 is 0 Å². The lowest BCUT2D eigenvalue weighted by Gasteiger charge is -2.26. The van der Waals surface area contributed by atoms with Crippen molar-refractivity contribution in [1.29, 1.82) is 0 Å². The van der Waals surface area contributed by atoms with Gasteiger partial charge in [-0.15, -0.1) is 0 Å². The Bertz CT molecular complexity index is 683. The second-order valence-corrected chi connectivity index (χ2v) is 6.99. The summed E-state index contributed by atoms with van der Waals surface area (Å²) in [7, 11) is 0. The van der Waals surface area contributed by atoms with Crippen LogP contribution in [0.3, 0.4) is 0 Å². The Kier molecular flexibility index (Phi) is 5.87. The van der Waals surface area contributed by atoms with E-state index in [2.05, 4.69) is 53.8 Å². The SMILES string of the molecule is CC(NCC(=O)NCC1CCCc2ccccc21)C(C)n1cccn1. The summed E-state index contributed by atoms with van der Waals surface area (Å²) >= 11 is 0. The van der Waals surface area contributed by atoms with Crippen molar-refractivity contribution in [3.8, 4) is 0 Å². The highest BCUT2D eigenvalue weighted by atomic mass is 16.1. The van der Waals surface area contributed by atoms with E-state index < -0.39 is 0 Å². The average Bonchev–Trinajstić information content (AvgIpc) is 3.18. The molecular formula is C20H28N4O. The summed E-state index contributed by atoms with van der Waals surface area (Å²) in [5, 5.41) is 10.7. The van der Waals surface area contributed by atoms with Crippen LogP contribution in [-0.4, -0.2) is 34.8 Å². The minimum atomic E-state index is 0.0579. The molecule has 0 radical (unpaired) electrons. The number of carbonyl (C=O) groups excluding carboxylic acids is 1. The lowest BCUT2D eigenvalue weighted by atomic mass is 9.83. The van der Waals surface area contributed by atoms with E-state index in [1.807, 2.05) is 16.9 Å². The van der Waals surface area contributed by atoms with E-state index in [9.17, 15) is 4.79 Å².